The lowest BCUT2D eigenvalue weighted by Gasteiger charge is -2.20. The highest BCUT2D eigenvalue weighted by molar-refractivity contribution is 5.89. The summed E-state index contributed by atoms with van der Waals surface area (Å²) >= 11 is 0. The molecule has 0 radical (unpaired) electrons. The van der Waals surface area contributed by atoms with Crippen LogP contribution in [0.25, 0.3) is 0 Å². The van der Waals surface area contributed by atoms with Crippen LogP contribution in [0.4, 0.5) is 0 Å². The van der Waals surface area contributed by atoms with E-state index in [0.717, 1.165) is 0 Å². The molecule has 0 saturated heterocycles. The van der Waals surface area contributed by atoms with Crippen molar-refractivity contribution >= 4 is 11.8 Å². The van der Waals surface area contributed by atoms with Crippen LogP contribution < -0.4 is 27.0 Å². The Bertz CT molecular complexity index is 311. The van der Waals surface area contributed by atoms with Gasteiger partial charge in [-0.1, -0.05) is 6.08 Å². The van der Waals surface area contributed by atoms with E-state index >= 15 is 0 Å². The van der Waals surface area contributed by atoms with Gasteiger partial charge >= 0.3 is 0 Å². The normalized spacial score (nSPS) is 14.7. The van der Waals surface area contributed by atoms with Crippen LogP contribution in [0.1, 0.15) is 6.92 Å². The first-order chi connectivity index (χ1) is 9.10. The molecule has 0 aliphatic heterocycles. The molecule has 6 N–H and O–H groups in total. The third kappa shape index (κ3) is 6.21. The maximum absolute atomic E-state index is 11.9. The summed E-state index contributed by atoms with van der Waals surface area (Å²) in [6, 6.07) is -1.23. The molecule has 0 saturated carbocycles. The van der Waals surface area contributed by atoms with E-state index in [-0.39, 0.29) is 12.5 Å². The highest BCUT2D eigenvalue weighted by Crippen LogP contribution is 1.86. The summed E-state index contributed by atoms with van der Waals surface area (Å²) in [5.41, 5.74) is 1.78. The van der Waals surface area contributed by atoms with Crippen LogP contribution in [0.15, 0.2) is 12.3 Å². The zero-order chi connectivity index (χ0) is 14.7. The topological polar surface area (TPSA) is 108 Å². The zero-order valence-corrected chi connectivity index (χ0v) is 11.0. The van der Waals surface area contributed by atoms with E-state index in [9.17, 15) is 9.59 Å². The van der Waals surface area contributed by atoms with Crippen LogP contribution >= 0.6 is 0 Å². The highest BCUT2D eigenvalue weighted by atomic mass is 16.2. The van der Waals surface area contributed by atoms with Gasteiger partial charge in [0.25, 0.3) is 0 Å². The van der Waals surface area contributed by atoms with Gasteiger partial charge in [0.1, 0.15) is 6.04 Å². The fraction of sp³-hybridized carbons (Fsp3) is 0.636. The summed E-state index contributed by atoms with van der Waals surface area (Å²) < 4.78 is 6.87. The van der Waals surface area contributed by atoms with Crippen LogP contribution in [-0.2, 0) is 9.59 Å². The number of rotatable bonds is 9. The lowest BCUT2D eigenvalue weighted by molar-refractivity contribution is -0.128. The molecule has 2 amide bonds. The molecule has 104 valence electrons. The van der Waals surface area contributed by atoms with Crippen molar-refractivity contribution in [3.05, 3.63) is 12.3 Å². The Morgan fingerprint density at radius 1 is 1.33 bits per heavy atom. The van der Waals surface area contributed by atoms with E-state index in [1.165, 1.54) is 0 Å². The third-order valence-electron chi connectivity index (χ3n) is 2.31. The van der Waals surface area contributed by atoms with Crippen molar-refractivity contribution in [3.8, 4) is 0 Å². The Labute approximate surface area is 109 Å². The van der Waals surface area contributed by atoms with E-state index < -0.39 is 18.0 Å². The fourth-order valence-corrected chi connectivity index (χ4v) is 1.32. The molecule has 0 aliphatic rings. The first-order valence-corrected chi connectivity index (χ1v) is 5.79. The number of hydrogen-bond donors (Lipinski definition) is 5. The van der Waals surface area contributed by atoms with Crippen LogP contribution in [-0.4, -0.2) is 51.1 Å². The molecule has 0 aromatic rings. The summed E-state index contributed by atoms with van der Waals surface area (Å²) in [6.45, 7) is 2.49. The largest absolute Gasteiger partial charge is 0.389 e. The van der Waals surface area contributed by atoms with Crippen molar-refractivity contribution in [1.29, 1.82) is 0 Å². The van der Waals surface area contributed by atoms with Crippen molar-refractivity contribution in [3.63, 3.8) is 0 Å². The SMILES string of the molecule is [3H]NC(=O)[C@H](CNC=CC)NC(=O)[C@H](CNC)NC. The van der Waals surface area contributed by atoms with Gasteiger partial charge in [-0.15, -0.1) is 0 Å². The quantitative estimate of drug-likeness (QED) is 0.325. The Hall–Kier alpha value is -1.60. The Morgan fingerprint density at radius 2 is 2.06 bits per heavy atom. The zero-order valence-electron chi connectivity index (χ0n) is 12.0. The van der Waals surface area contributed by atoms with Crippen molar-refractivity contribution in [2.75, 3.05) is 27.2 Å². The molecule has 7 heteroatoms. The molecule has 0 fully saturated rings. The van der Waals surface area contributed by atoms with Crippen LogP contribution in [0.5, 0.6) is 0 Å². The van der Waals surface area contributed by atoms with Crippen LogP contribution in [0.2, 0.25) is 1.41 Å². The number of carbonyl (C=O) groups is 2. The van der Waals surface area contributed by atoms with Crippen LogP contribution in [0, 0.1) is 0 Å². The Balaban J connectivity index is 4.52. The fourth-order valence-electron chi connectivity index (χ4n) is 1.32. The number of nitrogens with one attached hydrogen (secondary N) is 4. The lowest BCUT2D eigenvalue weighted by Crippen LogP contribution is -2.56. The summed E-state index contributed by atoms with van der Waals surface area (Å²) in [5.74, 6) is -0.864. The first-order valence-electron chi connectivity index (χ1n) is 6.29. The third-order valence-corrected chi connectivity index (χ3v) is 2.31. The van der Waals surface area contributed by atoms with Gasteiger partial charge < -0.3 is 27.0 Å². The van der Waals surface area contributed by atoms with Gasteiger partial charge in [-0.25, -0.2) is 0 Å². The number of amides is 2. The van der Waals surface area contributed by atoms with Crippen molar-refractivity contribution < 1.29 is 11.0 Å². The standard InChI is InChI=1S/C11H23N5O2/c1-4-5-15-7-8(10(12)17)16-11(18)9(14-3)6-13-2/h4-5,8-9,13-15H,6-7H2,1-3H3,(H2,12,17)(H,16,18)/t8-,9-/m0/s1/i/hT. The summed E-state index contributed by atoms with van der Waals surface area (Å²) in [5, 5.41) is 11.2. The average Bonchev–Trinajstić information content (AvgIpc) is 2.42. The molecular formula is C11H23N5O2. The second-order valence-corrected chi connectivity index (χ2v) is 3.73. The first kappa shape index (κ1) is 14.5. The summed E-state index contributed by atoms with van der Waals surface area (Å²) in [7, 11) is 3.40. The number of nitrogens with two attached hydrogens (primary N) is 1. The van der Waals surface area contributed by atoms with Gasteiger partial charge in [-0.2, -0.15) is 0 Å². The van der Waals surface area contributed by atoms with Crippen LogP contribution in [0.3, 0.4) is 0 Å². The van der Waals surface area contributed by atoms with Gasteiger partial charge in [0.2, 0.25) is 11.8 Å². The molecule has 0 bridgehead atoms. The number of allylic oxidation sites excluding steroid dienone is 1. The molecule has 0 unspecified atom stereocenters. The molecule has 2 atom stereocenters. The molecule has 18 heavy (non-hydrogen) atoms. The van der Waals surface area contributed by atoms with Crippen molar-refractivity contribution in [2.45, 2.75) is 19.0 Å². The second kappa shape index (κ2) is 9.43. The van der Waals surface area contributed by atoms with E-state index in [4.69, 9.17) is 1.41 Å². The minimum atomic E-state index is -0.797. The molecule has 7 nitrogen and oxygen atoms in total. The Morgan fingerprint density at radius 3 is 2.56 bits per heavy atom. The van der Waals surface area contributed by atoms with E-state index in [2.05, 4.69) is 21.3 Å². The van der Waals surface area contributed by atoms with Gasteiger partial charge in [-0.3, -0.25) is 9.59 Å². The molecule has 0 heterocycles. The number of primary amides is 1. The van der Waals surface area contributed by atoms with E-state index in [1.54, 1.807) is 32.1 Å². The predicted molar refractivity (Wildman–Crippen MR) is 70.7 cm³/mol. The molecule has 0 rings (SSSR count). The maximum atomic E-state index is 11.9. The second-order valence-electron chi connectivity index (χ2n) is 3.73. The monoisotopic (exact) mass is 259 g/mol. The van der Waals surface area contributed by atoms with Crippen molar-refractivity contribution in [2.24, 2.45) is 5.73 Å². The molecular weight excluding hydrogens is 234 g/mol. The molecule has 0 aromatic carbocycles. The van der Waals surface area contributed by atoms with E-state index in [1.807, 2.05) is 6.92 Å². The average molecular weight is 259 g/mol. The van der Waals surface area contributed by atoms with Gasteiger partial charge in [-0.05, 0) is 27.2 Å². The highest BCUT2D eigenvalue weighted by Gasteiger charge is 2.22. The Kier molecular flexibility index (Phi) is 7.58. The number of likely N-dealkylation sites (N-methyl/N-ethyl adjacent to an activating group) is 2. The number of hydrogen-bond acceptors (Lipinski definition) is 5. The van der Waals surface area contributed by atoms with E-state index in [0.29, 0.717) is 6.54 Å². The summed E-state index contributed by atoms with van der Waals surface area (Å²) in [4.78, 5) is 23.4. The van der Waals surface area contributed by atoms with Gasteiger partial charge in [0.15, 0.2) is 1.41 Å². The van der Waals surface area contributed by atoms with Gasteiger partial charge in [0.05, 0.1) is 6.04 Å². The maximum Gasteiger partial charge on any atom is 0.241 e. The smallest absolute Gasteiger partial charge is 0.241 e. The molecule has 0 spiro atoms. The van der Waals surface area contributed by atoms with Crippen molar-refractivity contribution in [1.82, 2.24) is 21.3 Å². The lowest BCUT2D eigenvalue weighted by atomic mass is 10.2. The van der Waals surface area contributed by atoms with Gasteiger partial charge in [0, 0.05) is 13.1 Å². The minimum absolute atomic E-state index is 0.219. The predicted octanol–water partition coefficient (Wildman–Crippen LogP) is -2.11. The summed E-state index contributed by atoms with van der Waals surface area (Å²) in [6.07, 6.45) is 3.44. The minimum Gasteiger partial charge on any atom is -0.389 e. The molecule has 0 aromatic heterocycles. The number of carbonyl (C=O) groups excluding carboxylic acids is 2. The molecule has 0 aliphatic carbocycles.